The molecule has 0 spiro atoms. The number of benzene rings is 3. The number of hydrogen-bond donors (Lipinski definition) is 2. The molecule has 1 aromatic heterocycles. The lowest BCUT2D eigenvalue weighted by Gasteiger charge is -2.37. The number of rotatable bonds is 10. The topological polar surface area (TPSA) is 94.7 Å². The first-order valence-electron chi connectivity index (χ1n) is 16.9. The fourth-order valence-corrected chi connectivity index (χ4v) is 6.65. The molecule has 5 rings (SSSR count). The maximum atomic E-state index is 13.8. The van der Waals surface area contributed by atoms with Crippen molar-refractivity contribution in [2.75, 3.05) is 46.3 Å². The van der Waals surface area contributed by atoms with Crippen molar-refractivity contribution in [3.8, 4) is 11.3 Å². The molecule has 0 aliphatic carbocycles. The molecule has 0 unspecified atom stereocenters. The lowest BCUT2D eigenvalue weighted by molar-refractivity contribution is -0.193. The van der Waals surface area contributed by atoms with Gasteiger partial charge in [0.2, 0.25) is 5.91 Å². The number of H-pyrrole nitrogens is 1. The van der Waals surface area contributed by atoms with Gasteiger partial charge >= 0.3 is 18.1 Å². The van der Waals surface area contributed by atoms with Gasteiger partial charge < -0.3 is 24.8 Å². The molecule has 11 heteroatoms. The lowest BCUT2D eigenvalue weighted by atomic mass is 9.81. The number of carbonyl (C=O) groups excluding carboxylic acids is 3. The van der Waals surface area contributed by atoms with Gasteiger partial charge in [0.05, 0.1) is 16.7 Å². The molecule has 0 saturated carbocycles. The molecular weight excluding hydrogens is 645 g/mol. The summed E-state index contributed by atoms with van der Waals surface area (Å²) in [5.74, 6) is -3.68. The Morgan fingerprint density at radius 2 is 1.56 bits per heavy atom. The molecule has 1 amide bonds. The molecule has 1 atom stereocenters. The molecule has 50 heavy (non-hydrogen) atoms. The average Bonchev–Trinajstić information content (AvgIpc) is 3.45. The highest BCUT2D eigenvalue weighted by Crippen LogP contribution is 2.39. The Hall–Kier alpha value is -4.48. The van der Waals surface area contributed by atoms with Crippen LogP contribution in [-0.2, 0) is 26.2 Å². The van der Waals surface area contributed by atoms with Gasteiger partial charge in [0, 0.05) is 43.6 Å². The van der Waals surface area contributed by atoms with Gasteiger partial charge in [-0.2, -0.15) is 13.2 Å². The zero-order chi connectivity index (χ0) is 36.4. The summed E-state index contributed by atoms with van der Waals surface area (Å²) in [4.78, 5) is 44.7. The zero-order valence-electron chi connectivity index (χ0n) is 29.5. The van der Waals surface area contributed by atoms with Crippen molar-refractivity contribution < 1.29 is 32.3 Å². The van der Waals surface area contributed by atoms with E-state index >= 15 is 0 Å². The molecule has 1 aliphatic heterocycles. The van der Waals surface area contributed by atoms with E-state index in [1.165, 1.54) is 28.8 Å². The number of ether oxygens (including phenoxy) is 1. The third kappa shape index (κ3) is 8.27. The van der Waals surface area contributed by atoms with E-state index in [1.807, 2.05) is 18.7 Å². The SMILES string of the molecule is Cc1cc(C)cc(-c2[nH]c3ccc(C(C)(C)C(=O)N4CCN(C)CC4)cc3c2[C@H](C)CNCCc2ccc(C(=O)OC(=O)C(F)(F)F)cc2)c1. The minimum Gasteiger partial charge on any atom is -0.383 e. The van der Waals surface area contributed by atoms with E-state index in [0.29, 0.717) is 19.5 Å². The summed E-state index contributed by atoms with van der Waals surface area (Å²) in [5, 5.41) is 4.62. The molecule has 8 nitrogen and oxygen atoms in total. The van der Waals surface area contributed by atoms with E-state index in [-0.39, 0.29) is 17.4 Å². The van der Waals surface area contributed by atoms with E-state index in [0.717, 1.165) is 59.5 Å². The molecule has 3 aromatic carbocycles. The highest BCUT2D eigenvalue weighted by Gasteiger charge is 2.42. The molecule has 2 N–H and O–H groups in total. The Balaban J connectivity index is 1.34. The van der Waals surface area contributed by atoms with Gasteiger partial charge in [0.15, 0.2) is 0 Å². The maximum Gasteiger partial charge on any atom is 0.491 e. The summed E-state index contributed by atoms with van der Waals surface area (Å²) >= 11 is 0. The molecule has 1 saturated heterocycles. The van der Waals surface area contributed by atoms with Crippen LogP contribution in [0.1, 0.15) is 64.9 Å². The minimum absolute atomic E-state index is 0.0783. The lowest BCUT2D eigenvalue weighted by Crippen LogP contribution is -2.52. The minimum atomic E-state index is -5.24. The highest BCUT2D eigenvalue weighted by molar-refractivity contribution is 5.98. The monoisotopic (exact) mass is 690 g/mol. The molecule has 1 aliphatic rings. The quantitative estimate of drug-likeness (QED) is 0.110. The van der Waals surface area contributed by atoms with Crippen molar-refractivity contribution in [3.05, 3.63) is 94.0 Å². The van der Waals surface area contributed by atoms with Gasteiger partial charge in [-0.15, -0.1) is 0 Å². The van der Waals surface area contributed by atoms with Crippen LogP contribution in [0.2, 0.25) is 0 Å². The van der Waals surface area contributed by atoms with Crippen LogP contribution in [-0.4, -0.2) is 85.1 Å². The first kappa shape index (κ1) is 36.8. The Labute approximate surface area is 291 Å². The number of esters is 2. The largest absolute Gasteiger partial charge is 0.491 e. The Bertz CT molecular complexity index is 1850. The highest BCUT2D eigenvalue weighted by atomic mass is 19.4. The van der Waals surface area contributed by atoms with Gasteiger partial charge in [-0.3, -0.25) is 4.79 Å². The second kappa shape index (κ2) is 14.8. The van der Waals surface area contributed by atoms with Crippen LogP contribution >= 0.6 is 0 Å². The number of hydrogen-bond acceptors (Lipinski definition) is 6. The van der Waals surface area contributed by atoms with Crippen molar-refractivity contribution >= 4 is 28.7 Å². The van der Waals surface area contributed by atoms with Crippen LogP contribution in [0, 0.1) is 13.8 Å². The Morgan fingerprint density at radius 1 is 0.920 bits per heavy atom. The van der Waals surface area contributed by atoms with Crippen LogP contribution in [0.25, 0.3) is 22.2 Å². The first-order chi connectivity index (χ1) is 23.5. The zero-order valence-corrected chi connectivity index (χ0v) is 29.5. The van der Waals surface area contributed by atoms with Crippen molar-refractivity contribution in [2.24, 2.45) is 0 Å². The summed E-state index contributed by atoms with van der Waals surface area (Å²) in [7, 11) is 2.08. The fourth-order valence-electron chi connectivity index (χ4n) is 6.65. The number of carbonyl (C=O) groups is 3. The number of fused-ring (bicyclic) bond motifs is 1. The van der Waals surface area contributed by atoms with Crippen LogP contribution in [0.3, 0.4) is 0 Å². The molecule has 0 radical (unpaired) electrons. The molecular formula is C39H45F3N4O4. The molecule has 0 bridgehead atoms. The Kier molecular flexibility index (Phi) is 10.9. The van der Waals surface area contributed by atoms with Crippen molar-refractivity contribution in [1.29, 1.82) is 0 Å². The van der Waals surface area contributed by atoms with Crippen LogP contribution in [0.15, 0.2) is 60.7 Å². The van der Waals surface area contributed by atoms with E-state index in [9.17, 15) is 27.6 Å². The Morgan fingerprint density at radius 3 is 2.18 bits per heavy atom. The summed E-state index contributed by atoms with van der Waals surface area (Å²) in [6, 6.07) is 18.8. The van der Waals surface area contributed by atoms with Crippen molar-refractivity contribution in [3.63, 3.8) is 0 Å². The fraction of sp³-hybridized carbons (Fsp3) is 0.410. The smallest absolute Gasteiger partial charge is 0.383 e. The number of aromatic nitrogens is 1. The number of nitrogens with zero attached hydrogens (tertiary/aromatic N) is 2. The number of piperazine rings is 1. The number of halogens is 3. The standard InChI is InChI=1S/C39H45F3N4O4/c1-24-19-25(2)21-29(20-24)34-33(26(3)23-43-14-13-27-7-9-28(10-8-27)35(47)50-37(49)39(40,41)42)31-22-30(11-12-32(31)44-34)38(4,5)36(48)46-17-15-45(6)16-18-46/h7-12,19-22,26,43-44H,13-18,23H2,1-6H3/t26-/m1/s1. The summed E-state index contributed by atoms with van der Waals surface area (Å²) in [5.41, 5.74) is 7.64. The van der Waals surface area contributed by atoms with E-state index < -0.39 is 23.5 Å². The molecule has 2 heterocycles. The normalized spacial score (nSPS) is 14.9. The van der Waals surface area contributed by atoms with Gasteiger partial charge in [-0.1, -0.05) is 42.3 Å². The van der Waals surface area contributed by atoms with Gasteiger partial charge in [0.1, 0.15) is 0 Å². The van der Waals surface area contributed by atoms with E-state index in [4.69, 9.17) is 0 Å². The van der Waals surface area contributed by atoms with Crippen LogP contribution in [0.4, 0.5) is 13.2 Å². The third-order valence-electron chi connectivity index (χ3n) is 9.54. The number of nitrogens with one attached hydrogen (secondary N) is 2. The van der Waals surface area contributed by atoms with Crippen molar-refractivity contribution in [1.82, 2.24) is 20.1 Å². The van der Waals surface area contributed by atoms with Crippen LogP contribution in [0.5, 0.6) is 0 Å². The summed E-state index contributed by atoms with van der Waals surface area (Å²) in [6.07, 6.45) is -4.64. The van der Waals surface area contributed by atoms with E-state index in [2.05, 4.69) is 84.2 Å². The van der Waals surface area contributed by atoms with Crippen LogP contribution < -0.4 is 5.32 Å². The molecule has 4 aromatic rings. The maximum absolute atomic E-state index is 13.8. The molecule has 266 valence electrons. The predicted octanol–water partition coefficient (Wildman–Crippen LogP) is 6.68. The number of alkyl halides is 3. The van der Waals surface area contributed by atoms with Gasteiger partial charge in [-0.05, 0) is 112 Å². The number of aromatic amines is 1. The van der Waals surface area contributed by atoms with Crippen molar-refractivity contribution in [2.45, 2.75) is 58.5 Å². The van der Waals surface area contributed by atoms with Gasteiger partial charge in [0.25, 0.3) is 0 Å². The third-order valence-corrected chi connectivity index (χ3v) is 9.54. The number of amides is 1. The predicted molar refractivity (Wildman–Crippen MR) is 188 cm³/mol. The molecule has 1 fully saturated rings. The first-order valence-corrected chi connectivity index (χ1v) is 16.9. The summed E-state index contributed by atoms with van der Waals surface area (Å²) < 4.78 is 41.2. The number of aryl methyl sites for hydroxylation is 2. The average molecular weight is 691 g/mol. The second-order valence-electron chi connectivity index (χ2n) is 14.0. The van der Waals surface area contributed by atoms with Gasteiger partial charge in [-0.25, -0.2) is 9.59 Å². The van der Waals surface area contributed by atoms with E-state index in [1.54, 1.807) is 12.1 Å². The second-order valence-corrected chi connectivity index (χ2v) is 14.0. The number of likely N-dealkylation sites (N-methyl/N-ethyl adjacent to an activating group) is 1. The summed E-state index contributed by atoms with van der Waals surface area (Å²) in [6.45, 7) is 14.8.